The second-order valence-corrected chi connectivity index (χ2v) is 5.29. The molecule has 1 rings (SSSR count). The molecule has 1 saturated heterocycles. The number of halogens is 1. The highest BCUT2D eigenvalue weighted by Gasteiger charge is 2.21. The van der Waals surface area contributed by atoms with Gasteiger partial charge in [0.1, 0.15) is 0 Å². The third-order valence-electron chi connectivity index (χ3n) is 1.78. The van der Waals surface area contributed by atoms with Crippen LogP contribution in [0.4, 0.5) is 0 Å². The average molecular weight is 257 g/mol. The van der Waals surface area contributed by atoms with E-state index in [2.05, 4.69) is 10.6 Å². The molecule has 1 amide bonds. The minimum Gasteiger partial charge on any atom is -0.354 e. The first-order valence-electron chi connectivity index (χ1n) is 4.46. The SMILES string of the molecule is CNCCNC(=O)C1CSCCS1.Cl. The van der Waals surface area contributed by atoms with Crippen LogP contribution in [0.25, 0.3) is 0 Å². The van der Waals surface area contributed by atoms with Crippen LogP contribution >= 0.6 is 35.9 Å². The quantitative estimate of drug-likeness (QED) is 0.723. The van der Waals surface area contributed by atoms with E-state index < -0.39 is 0 Å². The van der Waals surface area contributed by atoms with Gasteiger partial charge in [0.25, 0.3) is 0 Å². The van der Waals surface area contributed by atoms with Crippen molar-refractivity contribution in [1.82, 2.24) is 10.6 Å². The number of thioether (sulfide) groups is 2. The highest BCUT2D eigenvalue weighted by atomic mass is 35.5. The second kappa shape index (κ2) is 8.71. The van der Waals surface area contributed by atoms with Crippen LogP contribution in [0.1, 0.15) is 0 Å². The van der Waals surface area contributed by atoms with E-state index in [-0.39, 0.29) is 23.6 Å². The molecule has 3 nitrogen and oxygen atoms in total. The normalized spacial score (nSPS) is 21.1. The molecule has 0 aliphatic carbocycles. The molecule has 84 valence electrons. The lowest BCUT2D eigenvalue weighted by Crippen LogP contribution is -2.38. The minimum atomic E-state index is 0. The Morgan fingerprint density at radius 1 is 1.43 bits per heavy atom. The van der Waals surface area contributed by atoms with Crippen molar-refractivity contribution in [3.05, 3.63) is 0 Å². The number of amides is 1. The Hall–Kier alpha value is 0.420. The molecule has 1 aliphatic heterocycles. The van der Waals surface area contributed by atoms with Gasteiger partial charge >= 0.3 is 0 Å². The van der Waals surface area contributed by atoms with Gasteiger partial charge in [-0.05, 0) is 7.05 Å². The summed E-state index contributed by atoms with van der Waals surface area (Å²) in [4.78, 5) is 11.5. The fourth-order valence-corrected chi connectivity index (χ4v) is 3.64. The Morgan fingerprint density at radius 3 is 2.79 bits per heavy atom. The maximum atomic E-state index is 11.5. The topological polar surface area (TPSA) is 41.1 Å². The first-order valence-corrected chi connectivity index (χ1v) is 6.66. The van der Waals surface area contributed by atoms with Crippen molar-refractivity contribution in [1.29, 1.82) is 0 Å². The van der Waals surface area contributed by atoms with Gasteiger partial charge in [-0.3, -0.25) is 4.79 Å². The lowest BCUT2D eigenvalue weighted by molar-refractivity contribution is -0.120. The van der Waals surface area contributed by atoms with Crippen LogP contribution in [0.3, 0.4) is 0 Å². The Morgan fingerprint density at radius 2 is 2.21 bits per heavy atom. The van der Waals surface area contributed by atoms with Crippen LogP contribution in [0.15, 0.2) is 0 Å². The summed E-state index contributed by atoms with van der Waals surface area (Å²) in [5, 5.41) is 6.09. The number of carbonyl (C=O) groups excluding carboxylic acids is 1. The molecular weight excluding hydrogens is 240 g/mol. The Balaban J connectivity index is 0.00000169. The van der Waals surface area contributed by atoms with Gasteiger partial charge in [-0.2, -0.15) is 11.8 Å². The monoisotopic (exact) mass is 256 g/mol. The number of likely N-dealkylation sites (N-methyl/N-ethyl adjacent to an activating group) is 1. The van der Waals surface area contributed by atoms with Crippen LogP contribution in [-0.4, -0.2) is 48.6 Å². The Labute approximate surface area is 99.9 Å². The van der Waals surface area contributed by atoms with Gasteiger partial charge in [0.2, 0.25) is 5.91 Å². The van der Waals surface area contributed by atoms with E-state index in [1.807, 2.05) is 18.8 Å². The molecule has 0 saturated carbocycles. The van der Waals surface area contributed by atoms with Gasteiger partial charge in [0.15, 0.2) is 0 Å². The van der Waals surface area contributed by atoms with Crippen molar-refractivity contribution in [2.45, 2.75) is 5.25 Å². The van der Waals surface area contributed by atoms with Crippen LogP contribution < -0.4 is 10.6 Å². The molecule has 1 aliphatic rings. The highest BCUT2D eigenvalue weighted by molar-refractivity contribution is 8.07. The largest absolute Gasteiger partial charge is 0.354 e. The molecule has 6 heteroatoms. The molecule has 1 fully saturated rings. The summed E-state index contributed by atoms with van der Waals surface area (Å²) in [6.45, 7) is 1.58. The van der Waals surface area contributed by atoms with Gasteiger partial charge in [-0.1, -0.05) is 0 Å². The van der Waals surface area contributed by atoms with Crippen LogP contribution in [0, 0.1) is 0 Å². The summed E-state index contributed by atoms with van der Waals surface area (Å²) in [6.07, 6.45) is 0. The maximum absolute atomic E-state index is 11.5. The smallest absolute Gasteiger partial charge is 0.234 e. The highest BCUT2D eigenvalue weighted by Crippen LogP contribution is 2.23. The molecule has 0 radical (unpaired) electrons. The summed E-state index contributed by atoms with van der Waals surface area (Å²) < 4.78 is 0. The summed E-state index contributed by atoms with van der Waals surface area (Å²) in [6, 6.07) is 0. The van der Waals surface area contributed by atoms with E-state index >= 15 is 0 Å². The standard InChI is InChI=1S/C8H16N2OS2.ClH/c1-9-2-3-10-8(11)7-6-12-4-5-13-7;/h7,9H,2-6H2,1H3,(H,10,11);1H. The third kappa shape index (κ3) is 5.34. The summed E-state index contributed by atoms with van der Waals surface area (Å²) in [7, 11) is 1.89. The first-order chi connectivity index (χ1) is 6.34. The van der Waals surface area contributed by atoms with E-state index in [1.165, 1.54) is 5.75 Å². The minimum absolute atomic E-state index is 0. The lowest BCUT2D eigenvalue weighted by Gasteiger charge is -2.19. The zero-order valence-electron chi connectivity index (χ0n) is 8.25. The molecule has 0 aromatic rings. The number of nitrogens with one attached hydrogen (secondary N) is 2. The number of hydrogen-bond acceptors (Lipinski definition) is 4. The van der Waals surface area contributed by atoms with Gasteiger partial charge < -0.3 is 10.6 Å². The fourth-order valence-electron chi connectivity index (χ4n) is 1.06. The predicted octanol–water partition coefficient (Wildman–Crippen LogP) is 0.592. The molecule has 1 unspecified atom stereocenters. The Kier molecular flexibility index (Phi) is 8.97. The average Bonchev–Trinajstić information content (AvgIpc) is 2.19. The maximum Gasteiger partial charge on any atom is 0.234 e. The van der Waals surface area contributed by atoms with Crippen molar-refractivity contribution in [3.8, 4) is 0 Å². The van der Waals surface area contributed by atoms with E-state index in [0.29, 0.717) is 0 Å². The van der Waals surface area contributed by atoms with Gasteiger partial charge in [-0.25, -0.2) is 0 Å². The van der Waals surface area contributed by atoms with Crippen molar-refractivity contribution < 1.29 is 4.79 Å². The molecule has 0 bridgehead atoms. The molecule has 2 N–H and O–H groups in total. The van der Waals surface area contributed by atoms with Crippen LogP contribution in [-0.2, 0) is 4.79 Å². The number of rotatable bonds is 4. The summed E-state index contributed by atoms with van der Waals surface area (Å²) in [5.74, 6) is 3.46. The molecule has 14 heavy (non-hydrogen) atoms. The second-order valence-electron chi connectivity index (χ2n) is 2.83. The van der Waals surface area contributed by atoms with Crippen molar-refractivity contribution in [3.63, 3.8) is 0 Å². The van der Waals surface area contributed by atoms with E-state index in [9.17, 15) is 4.79 Å². The van der Waals surface area contributed by atoms with Crippen LogP contribution in [0.5, 0.6) is 0 Å². The van der Waals surface area contributed by atoms with E-state index in [4.69, 9.17) is 0 Å². The van der Waals surface area contributed by atoms with E-state index in [0.717, 1.165) is 24.6 Å². The van der Waals surface area contributed by atoms with E-state index in [1.54, 1.807) is 11.8 Å². The molecule has 0 aromatic carbocycles. The molecular formula is C8H17ClN2OS2. The molecule has 1 heterocycles. The van der Waals surface area contributed by atoms with Crippen LogP contribution in [0.2, 0.25) is 0 Å². The lowest BCUT2D eigenvalue weighted by atomic mass is 10.4. The molecule has 0 aromatic heterocycles. The predicted molar refractivity (Wildman–Crippen MR) is 67.8 cm³/mol. The molecule has 1 atom stereocenters. The zero-order valence-corrected chi connectivity index (χ0v) is 10.7. The zero-order chi connectivity index (χ0) is 9.52. The fraction of sp³-hybridized carbons (Fsp3) is 0.875. The van der Waals surface area contributed by atoms with Gasteiger partial charge in [0, 0.05) is 30.3 Å². The summed E-state index contributed by atoms with van der Waals surface area (Å²) >= 11 is 3.65. The summed E-state index contributed by atoms with van der Waals surface area (Å²) in [5.41, 5.74) is 0. The Bertz CT molecular complexity index is 165. The van der Waals surface area contributed by atoms with Gasteiger partial charge in [-0.15, -0.1) is 24.2 Å². The number of hydrogen-bond donors (Lipinski definition) is 2. The van der Waals surface area contributed by atoms with Crippen molar-refractivity contribution in [2.24, 2.45) is 0 Å². The van der Waals surface area contributed by atoms with Crippen molar-refractivity contribution in [2.75, 3.05) is 37.4 Å². The first kappa shape index (κ1) is 14.4. The van der Waals surface area contributed by atoms with Crippen molar-refractivity contribution >= 4 is 41.8 Å². The third-order valence-corrected chi connectivity index (χ3v) is 4.54. The molecule has 0 spiro atoms. The number of carbonyl (C=O) groups is 1. The van der Waals surface area contributed by atoms with Gasteiger partial charge in [0.05, 0.1) is 5.25 Å².